The number of piperidine rings is 1. The molecule has 0 aliphatic carbocycles. The van der Waals surface area contributed by atoms with Crippen molar-refractivity contribution in [3.05, 3.63) is 24.0 Å². The van der Waals surface area contributed by atoms with Gasteiger partial charge in [-0.3, -0.25) is 0 Å². The fourth-order valence-electron chi connectivity index (χ4n) is 2.96. The molecule has 0 radical (unpaired) electrons. The van der Waals surface area contributed by atoms with Gasteiger partial charge in [0.1, 0.15) is 0 Å². The van der Waals surface area contributed by atoms with Crippen molar-refractivity contribution in [2.45, 2.75) is 39.7 Å². The lowest BCUT2D eigenvalue weighted by molar-refractivity contribution is 0.191. The molecule has 0 spiro atoms. The van der Waals surface area contributed by atoms with Crippen LogP contribution in [0, 0.1) is 5.92 Å². The number of nitrogens with one attached hydrogen (secondary N) is 2. The topological polar surface area (TPSA) is 44.6 Å². The molecule has 1 fully saturated rings. The average Bonchev–Trinajstić information content (AvgIpc) is 2.96. The van der Waals surface area contributed by atoms with Gasteiger partial charge in [-0.05, 0) is 63.4 Å². The molecular formula is C18H33N5. The van der Waals surface area contributed by atoms with Crippen molar-refractivity contribution in [3.8, 4) is 0 Å². The van der Waals surface area contributed by atoms with Gasteiger partial charge in [-0.25, -0.2) is 4.99 Å². The maximum absolute atomic E-state index is 4.66. The van der Waals surface area contributed by atoms with E-state index in [4.69, 9.17) is 0 Å². The first-order chi connectivity index (χ1) is 11.2. The van der Waals surface area contributed by atoms with E-state index in [1.165, 1.54) is 44.5 Å². The molecule has 0 saturated carbocycles. The van der Waals surface area contributed by atoms with E-state index in [0.717, 1.165) is 31.5 Å². The van der Waals surface area contributed by atoms with Gasteiger partial charge in [0, 0.05) is 32.5 Å². The summed E-state index contributed by atoms with van der Waals surface area (Å²) in [4.78, 5) is 7.25. The fourth-order valence-corrected chi connectivity index (χ4v) is 2.96. The fraction of sp³-hybridized carbons (Fsp3) is 0.722. The summed E-state index contributed by atoms with van der Waals surface area (Å²) < 4.78 is 2.06. The normalized spacial score (nSPS) is 17.4. The van der Waals surface area contributed by atoms with Crippen molar-refractivity contribution in [2.24, 2.45) is 18.0 Å². The average molecular weight is 319 g/mol. The highest BCUT2D eigenvalue weighted by Crippen LogP contribution is 2.15. The van der Waals surface area contributed by atoms with Crippen molar-refractivity contribution in [1.82, 2.24) is 20.1 Å². The van der Waals surface area contributed by atoms with E-state index in [1.54, 1.807) is 0 Å². The largest absolute Gasteiger partial charge is 0.357 e. The molecule has 1 saturated heterocycles. The second-order valence-corrected chi connectivity index (χ2v) is 6.68. The highest BCUT2D eigenvalue weighted by atomic mass is 15.2. The number of guanidine groups is 1. The first-order valence-corrected chi connectivity index (χ1v) is 9.02. The smallest absolute Gasteiger partial charge is 0.191 e. The molecule has 0 bridgehead atoms. The Labute approximate surface area is 141 Å². The van der Waals surface area contributed by atoms with Crippen LogP contribution in [-0.2, 0) is 13.6 Å². The zero-order valence-electron chi connectivity index (χ0n) is 15.0. The summed E-state index contributed by atoms with van der Waals surface area (Å²) in [5.41, 5.74) is 1.24. The Morgan fingerprint density at radius 1 is 1.30 bits per heavy atom. The van der Waals surface area contributed by atoms with Gasteiger partial charge in [-0.15, -0.1) is 0 Å². The van der Waals surface area contributed by atoms with E-state index in [2.05, 4.69) is 57.4 Å². The molecule has 0 atom stereocenters. The molecule has 23 heavy (non-hydrogen) atoms. The van der Waals surface area contributed by atoms with E-state index in [0.29, 0.717) is 0 Å². The van der Waals surface area contributed by atoms with Gasteiger partial charge in [0.2, 0.25) is 0 Å². The summed E-state index contributed by atoms with van der Waals surface area (Å²) in [6, 6.07) is 2.12. The van der Waals surface area contributed by atoms with Crippen LogP contribution in [-0.4, -0.2) is 48.2 Å². The van der Waals surface area contributed by atoms with Crippen LogP contribution in [0.5, 0.6) is 0 Å². The first kappa shape index (κ1) is 17.9. The van der Waals surface area contributed by atoms with Crippen molar-refractivity contribution >= 4 is 5.96 Å². The lowest BCUT2D eigenvalue weighted by Crippen LogP contribution is -2.39. The molecule has 130 valence electrons. The second kappa shape index (κ2) is 9.60. The van der Waals surface area contributed by atoms with Gasteiger partial charge < -0.3 is 20.1 Å². The molecule has 0 aromatic carbocycles. The number of likely N-dealkylation sites (tertiary alicyclic amines) is 1. The summed E-state index contributed by atoms with van der Waals surface area (Å²) in [6.45, 7) is 10.8. The van der Waals surface area contributed by atoms with Crippen molar-refractivity contribution in [3.63, 3.8) is 0 Å². The van der Waals surface area contributed by atoms with Crippen LogP contribution in [0.1, 0.15) is 38.7 Å². The molecule has 2 rings (SSSR count). The molecule has 2 heterocycles. The quantitative estimate of drug-likeness (QED) is 0.460. The van der Waals surface area contributed by atoms with E-state index >= 15 is 0 Å². The zero-order valence-corrected chi connectivity index (χ0v) is 15.0. The number of aliphatic imine (C=N–C) groups is 1. The van der Waals surface area contributed by atoms with Gasteiger partial charge >= 0.3 is 0 Å². The van der Waals surface area contributed by atoms with Gasteiger partial charge in [-0.2, -0.15) is 0 Å². The molecule has 5 heteroatoms. The number of hydrogen-bond donors (Lipinski definition) is 2. The third kappa shape index (κ3) is 6.65. The third-order valence-corrected chi connectivity index (χ3v) is 4.48. The Morgan fingerprint density at radius 2 is 2.09 bits per heavy atom. The van der Waals surface area contributed by atoms with Crippen LogP contribution < -0.4 is 10.6 Å². The van der Waals surface area contributed by atoms with Crippen LogP contribution in [0.2, 0.25) is 0 Å². The third-order valence-electron chi connectivity index (χ3n) is 4.48. The monoisotopic (exact) mass is 319 g/mol. The maximum atomic E-state index is 4.66. The van der Waals surface area contributed by atoms with Crippen LogP contribution in [0.4, 0.5) is 0 Å². The number of nitrogens with zero attached hydrogens (tertiary/aromatic N) is 3. The van der Waals surface area contributed by atoms with Crippen LogP contribution in [0.3, 0.4) is 0 Å². The van der Waals surface area contributed by atoms with Crippen molar-refractivity contribution < 1.29 is 0 Å². The number of aromatic nitrogens is 1. The molecule has 1 aliphatic heterocycles. The van der Waals surface area contributed by atoms with Crippen molar-refractivity contribution in [2.75, 3.05) is 32.7 Å². The van der Waals surface area contributed by atoms with Crippen LogP contribution in [0.15, 0.2) is 23.5 Å². The Kier molecular flexibility index (Phi) is 7.46. The minimum atomic E-state index is 0.722. The Hall–Kier alpha value is -1.49. The molecule has 5 nitrogen and oxygen atoms in total. The van der Waals surface area contributed by atoms with E-state index in [-0.39, 0.29) is 0 Å². The van der Waals surface area contributed by atoms with Crippen LogP contribution >= 0.6 is 0 Å². The molecular weight excluding hydrogens is 286 g/mol. The maximum Gasteiger partial charge on any atom is 0.191 e. The highest BCUT2D eigenvalue weighted by molar-refractivity contribution is 5.79. The van der Waals surface area contributed by atoms with E-state index in [9.17, 15) is 0 Å². The van der Waals surface area contributed by atoms with Crippen molar-refractivity contribution in [1.29, 1.82) is 0 Å². The minimum absolute atomic E-state index is 0.722. The zero-order chi connectivity index (χ0) is 16.5. The summed E-state index contributed by atoms with van der Waals surface area (Å²) in [6.07, 6.45) is 8.06. The van der Waals surface area contributed by atoms with Gasteiger partial charge in [0.15, 0.2) is 5.96 Å². The minimum Gasteiger partial charge on any atom is -0.357 e. The second-order valence-electron chi connectivity index (χ2n) is 6.68. The van der Waals surface area contributed by atoms with Crippen LogP contribution in [0.25, 0.3) is 0 Å². The summed E-state index contributed by atoms with van der Waals surface area (Å²) in [5, 5.41) is 6.77. The SMILES string of the molecule is CCNC(=NCc1ccn(C)c1)NCCCN1CCC(C)CC1. The van der Waals surface area contributed by atoms with Gasteiger partial charge in [-0.1, -0.05) is 6.92 Å². The standard InChI is InChI=1S/C18H33N5/c1-4-19-18(21-14-17-8-11-22(3)15-17)20-9-5-10-23-12-6-16(2)7-13-23/h8,11,15-16H,4-7,9-10,12-14H2,1-3H3,(H2,19,20,21). The predicted molar refractivity (Wildman–Crippen MR) is 97.7 cm³/mol. The summed E-state index contributed by atoms with van der Waals surface area (Å²) >= 11 is 0. The number of aryl methyl sites for hydroxylation is 1. The lowest BCUT2D eigenvalue weighted by atomic mass is 9.99. The van der Waals surface area contributed by atoms with E-state index in [1.807, 2.05) is 7.05 Å². The number of rotatable bonds is 7. The molecule has 1 aromatic rings. The Morgan fingerprint density at radius 3 is 2.74 bits per heavy atom. The summed E-state index contributed by atoms with van der Waals surface area (Å²) in [7, 11) is 2.04. The molecule has 0 unspecified atom stereocenters. The van der Waals surface area contributed by atoms with Gasteiger partial charge in [0.05, 0.1) is 6.54 Å². The molecule has 1 aliphatic rings. The Bertz CT molecular complexity index is 472. The lowest BCUT2D eigenvalue weighted by Gasteiger charge is -2.30. The predicted octanol–water partition coefficient (Wildman–Crippen LogP) is 2.20. The first-order valence-electron chi connectivity index (χ1n) is 9.02. The molecule has 1 aromatic heterocycles. The molecule has 2 N–H and O–H groups in total. The van der Waals surface area contributed by atoms with Gasteiger partial charge in [0.25, 0.3) is 0 Å². The Balaban J connectivity index is 1.67. The summed E-state index contributed by atoms with van der Waals surface area (Å²) in [5.74, 6) is 1.83. The number of hydrogen-bond acceptors (Lipinski definition) is 2. The highest BCUT2D eigenvalue weighted by Gasteiger charge is 2.14. The molecule has 0 amide bonds. The van der Waals surface area contributed by atoms with E-state index < -0.39 is 0 Å².